The topological polar surface area (TPSA) is 95.9 Å². The summed E-state index contributed by atoms with van der Waals surface area (Å²) in [5.74, 6) is -1.06. The number of carbonyl (C=O) groups is 2. The highest BCUT2D eigenvalue weighted by atomic mass is 16.6. The molecular formula is C14H23NO5. The fraction of sp³-hybridized carbons (Fsp3) is 0.714. The van der Waals surface area contributed by atoms with Gasteiger partial charge in [0.25, 0.3) is 0 Å². The number of ether oxygens (including phenoxy) is 1. The lowest BCUT2D eigenvalue weighted by Gasteiger charge is -2.12. The smallest absolute Gasteiger partial charge is 0.317 e. The Morgan fingerprint density at radius 3 is 1.85 bits per heavy atom. The van der Waals surface area contributed by atoms with E-state index in [9.17, 15) is 9.59 Å². The van der Waals surface area contributed by atoms with Crippen LogP contribution in [0.25, 0.3) is 0 Å². The Balaban J connectivity index is 0.000000206. The molecule has 20 heavy (non-hydrogen) atoms. The first-order valence-electron chi connectivity index (χ1n) is 6.89. The van der Waals surface area contributed by atoms with Crippen LogP contribution in [0.1, 0.15) is 26.7 Å². The van der Waals surface area contributed by atoms with E-state index in [2.05, 4.69) is 10.1 Å². The number of allylic oxidation sites excluding steroid dienone is 2. The third kappa shape index (κ3) is 5.40. The van der Waals surface area contributed by atoms with Crippen LogP contribution in [0.5, 0.6) is 0 Å². The molecule has 0 aromatic carbocycles. The summed E-state index contributed by atoms with van der Waals surface area (Å²) in [4.78, 5) is 21.9. The van der Waals surface area contributed by atoms with Gasteiger partial charge in [-0.25, -0.2) is 0 Å². The van der Waals surface area contributed by atoms with Crippen molar-refractivity contribution < 1.29 is 24.5 Å². The minimum absolute atomic E-state index is 0.188. The van der Waals surface area contributed by atoms with Gasteiger partial charge in [-0.3, -0.25) is 9.59 Å². The van der Waals surface area contributed by atoms with E-state index in [1.54, 1.807) is 13.8 Å². The van der Waals surface area contributed by atoms with E-state index >= 15 is 0 Å². The lowest BCUT2D eigenvalue weighted by Crippen LogP contribution is -2.30. The summed E-state index contributed by atoms with van der Waals surface area (Å²) in [5.41, 5.74) is 0. The van der Waals surface area contributed by atoms with Gasteiger partial charge in [0.15, 0.2) is 0 Å². The zero-order valence-electron chi connectivity index (χ0n) is 11.9. The van der Waals surface area contributed by atoms with E-state index in [0.717, 1.165) is 0 Å². The number of hydrogen-bond donors (Lipinski definition) is 3. The van der Waals surface area contributed by atoms with Crippen molar-refractivity contribution in [1.82, 2.24) is 5.32 Å². The van der Waals surface area contributed by atoms with Gasteiger partial charge in [-0.15, -0.1) is 0 Å². The van der Waals surface area contributed by atoms with Crippen LogP contribution in [-0.2, 0) is 14.3 Å². The Morgan fingerprint density at radius 1 is 1.10 bits per heavy atom. The second kappa shape index (κ2) is 8.14. The van der Waals surface area contributed by atoms with Crippen molar-refractivity contribution in [3.05, 3.63) is 12.2 Å². The quantitative estimate of drug-likeness (QED) is 0.382. The zero-order chi connectivity index (χ0) is 15.1. The van der Waals surface area contributed by atoms with Crippen LogP contribution in [0.15, 0.2) is 12.2 Å². The summed E-state index contributed by atoms with van der Waals surface area (Å²) < 4.78 is 4.49. The second-order valence-corrected chi connectivity index (χ2v) is 5.25. The van der Waals surface area contributed by atoms with Crippen molar-refractivity contribution in [2.75, 3.05) is 13.1 Å². The predicted molar refractivity (Wildman–Crippen MR) is 72.7 cm³/mol. The number of fused-ring (bicyclic) bond motifs is 1. The molecule has 3 N–H and O–H groups in total. The largest absolute Gasteiger partial charge is 0.393 e. The number of rotatable bonds is 4. The lowest BCUT2D eigenvalue weighted by molar-refractivity contribution is -0.153. The summed E-state index contributed by atoms with van der Waals surface area (Å²) in [7, 11) is 0. The molecule has 0 aromatic rings. The normalized spacial score (nSPS) is 27.2. The van der Waals surface area contributed by atoms with Crippen LogP contribution in [0.3, 0.4) is 0 Å². The van der Waals surface area contributed by atoms with E-state index in [1.807, 2.05) is 12.2 Å². The SMILES string of the molecule is CC(O)CNCC(C)O.O=C1OC(=O)[C@@H]2CC=CC[C@H]12. The minimum atomic E-state index is -0.343. The van der Waals surface area contributed by atoms with Gasteiger partial charge in [0.1, 0.15) is 0 Å². The minimum Gasteiger partial charge on any atom is -0.393 e. The van der Waals surface area contributed by atoms with Crippen molar-refractivity contribution >= 4 is 11.9 Å². The summed E-state index contributed by atoms with van der Waals surface area (Å²) in [5, 5.41) is 20.3. The standard InChI is InChI=1S/C8H8O3.C6H15NO2/c9-7-5-3-1-2-4-6(5)8(10)11-7;1-5(8)3-7-4-6(2)9/h1-2,5-6H,3-4H2;5-9H,3-4H2,1-2H3/t5-,6+;. The Kier molecular flexibility index (Phi) is 6.84. The lowest BCUT2D eigenvalue weighted by atomic mass is 9.85. The second-order valence-electron chi connectivity index (χ2n) is 5.25. The predicted octanol–water partition coefficient (Wildman–Crippen LogP) is -0.0102. The molecule has 2 rings (SSSR count). The molecule has 1 heterocycles. The number of esters is 2. The number of hydrogen-bond acceptors (Lipinski definition) is 6. The molecule has 2 unspecified atom stereocenters. The average molecular weight is 285 g/mol. The fourth-order valence-corrected chi connectivity index (χ4v) is 2.09. The van der Waals surface area contributed by atoms with E-state index in [-0.39, 0.29) is 36.0 Å². The highest BCUT2D eigenvalue weighted by molar-refractivity contribution is 5.96. The third-order valence-corrected chi connectivity index (χ3v) is 3.12. The van der Waals surface area contributed by atoms with Gasteiger partial charge >= 0.3 is 11.9 Å². The van der Waals surface area contributed by atoms with Gasteiger partial charge in [0, 0.05) is 13.1 Å². The van der Waals surface area contributed by atoms with Gasteiger partial charge in [-0.05, 0) is 26.7 Å². The first-order chi connectivity index (χ1) is 9.41. The van der Waals surface area contributed by atoms with Crippen molar-refractivity contribution in [3.8, 4) is 0 Å². The van der Waals surface area contributed by atoms with Crippen LogP contribution >= 0.6 is 0 Å². The molecular weight excluding hydrogens is 262 g/mol. The Morgan fingerprint density at radius 2 is 1.50 bits per heavy atom. The van der Waals surface area contributed by atoms with E-state index < -0.39 is 0 Å². The highest BCUT2D eigenvalue weighted by Crippen LogP contribution is 2.32. The highest BCUT2D eigenvalue weighted by Gasteiger charge is 2.43. The Labute approximate surface area is 118 Å². The van der Waals surface area contributed by atoms with Gasteiger partial charge < -0.3 is 20.3 Å². The van der Waals surface area contributed by atoms with Crippen molar-refractivity contribution in [1.29, 1.82) is 0 Å². The van der Waals surface area contributed by atoms with Gasteiger partial charge in [0.05, 0.1) is 24.0 Å². The Hall–Kier alpha value is -1.24. The maximum absolute atomic E-state index is 10.9. The molecule has 1 fully saturated rings. The average Bonchev–Trinajstić information content (AvgIpc) is 2.66. The maximum Gasteiger partial charge on any atom is 0.317 e. The van der Waals surface area contributed by atoms with Crippen molar-refractivity contribution in [3.63, 3.8) is 0 Å². The zero-order valence-corrected chi connectivity index (χ0v) is 11.9. The molecule has 0 saturated carbocycles. The first-order valence-corrected chi connectivity index (χ1v) is 6.89. The molecule has 4 atom stereocenters. The molecule has 6 nitrogen and oxygen atoms in total. The van der Waals surface area contributed by atoms with Crippen LogP contribution < -0.4 is 5.32 Å². The molecule has 2 aliphatic rings. The fourth-order valence-electron chi connectivity index (χ4n) is 2.09. The first kappa shape index (κ1) is 16.8. The van der Waals surface area contributed by atoms with Gasteiger partial charge in [0.2, 0.25) is 0 Å². The number of aliphatic hydroxyl groups is 2. The summed E-state index contributed by atoms with van der Waals surface area (Å²) in [6.07, 6.45) is 4.53. The van der Waals surface area contributed by atoms with Crippen LogP contribution in [-0.4, -0.2) is 47.4 Å². The maximum atomic E-state index is 10.9. The Bertz CT molecular complexity index is 333. The summed E-state index contributed by atoms with van der Waals surface area (Å²) in [6.45, 7) is 4.50. The molecule has 0 aromatic heterocycles. The van der Waals surface area contributed by atoms with E-state index in [4.69, 9.17) is 10.2 Å². The summed E-state index contributed by atoms with van der Waals surface area (Å²) in [6, 6.07) is 0. The number of aliphatic hydroxyl groups excluding tert-OH is 2. The monoisotopic (exact) mass is 285 g/mol. The third-order valence-electron chi connectivity index (χ3n) is 3.12. The van der Waals surface area contributed by atoms with Crippen molar-refractivity contribution in [2.24, 2.45) is 11.8 Å². The molecule has 0 amide bonds. The van der Waals surface area contributed by atoms with Gasteiger partial charge in [-0.2, -0.15) is 0 Å². The van der Waals surface area contributed by atoms with Gasteiger partial charge in [-0.1, -0.05) is 12.2 Å². The number of cyclic esters (lactones) is 2. The molecule has 0 bridgehead atoms. The van der Waals surface area contributed by atoms with Crippen LogP contribution in [0.4, 0.5) is 0 Å². The molecule has 0 spiro atoms. The molecule has 6 heteroatoms. The molecule has 1 aliphatic carbocycles. The van der Waals surface area contributed by atoms with E-state index in [0.29, 0.717) is 25.9 Å². The molecule has 0 radical (unpaired) electrons. The van der Waals surface area contributed by atoms with Crippen LogP contribution in [0, 0.1) is 11.8 Å². The van der Waals surface area contributed by atoms with Crippen molar-refractivity contribution in [2.45, 2.75) is 38.9 Å². The molecule has 1 aliphatic heterocycles. The van der Waals surface area contributed by atoms with E-state index in [1.165, 1.54) is 0 Å². The molecule has 114 valence electrons. The van der Waals surface area contributed by atoms with Crippen LogP contribution in [0.2, 0.25) is 0 Å². The molecule has 1 saturated heterocycles. The summed E-state index contributed by atoms with van der Waals surface area (Å²) >= 11 is 0. The number of nitrogens with one attached hydrogen (secondary N) is 1. The number of carbonyl (C=O) groups excluding carboxylic acids is 2.